The maximum atomic E-state index is 13.3. The van der Waals surface area contributed by atoms with Crippen molar-refractivity contribution in [3.05, 3.63) is 84.4 Å². The van der Waals surface area contributed by atoms with Crippen LogP contribution in [0.2, 0.25) is 6.82 Å². The van der Waals surface area contributed by atoms with Gasteiger partial charge in [0.05, 0.1) is 34.5 Å². The monoisotopic (exact) mass is 625 g/mol. The van der Waals surface area contributed by atoms with E-state index in [9.17, 15) is 31.4 Å². The molecule has 0 aliphatic carbocycles. The van der Waals surface area contributed by atoms with Gasteiger partial charge in [-0.05, 0) is 55.7 Å². The molecule has 1 amide bonds. The van der Waals surface area contributed by atoms with Gasteiger partial charge in [-0.3, -0.25) is 19.2 Å². The molecule has 0 aliphatic heterocycles. The van der Waals surface area contributed by atoms with Gasteiger partial charge in [0.1, 0.15) is 0 Å². The van der Waals surface area contributed by atoms with Crippen molar-refractivity contribution in [3.8, 4) is 0 Å². The lowest BCUT2D eigenvalue weighted by Gasteiger charge is -2.19. The molecule has 43 heavy (non-hydrogen) atoms. The van der Waals surface area contributed by atoms with Gasteiger partial charge >= 0.3 is 13.0 Å². The van der Waals surface area contributed by atoms with Crippen molar-refractivity contribution < 1.29 is 36.2 Å². The maximum Gasteiger partial charge on any atom is 0.431 e. The molecule has 2 radical (unpaired) electrons. The first-order chi connectivity index (χ1) is 20.3. The SMILES string of the molecule is [B]C(=O)NC(=NB(C)O)Nc1cccc(S(=O)(=O)Nc2cccc(S(=O)(=O)NC(CC(=O)OCC)c3ccccc3)c2)c1. The highest BCUT2D eigenvalue weighted by molar-refractivity contribution is 7.92. The predicted molar refractivity (Wildman–Crippen MR) is 164 cm³/mol. The number of guanidine groups is 1. The first-order valence-electron chi connectivity index (χ1n) is 12.8. The molecule has 0 spiro atoms. The van der Waals surface area contributed by atoms with Gasteiger partial charge in [-0.2, -0.15) is 0 Å². The first-order valence-corrected chi connectivity index (χ1v) is 15.8. The van der Waals surface area contributed by atoms with Crippen LogP contribution >= 0.6 is 0 Å². The third-order valence-corrected chi connectivity index (χ3v) is 8.38. The van der Waals surface area contributed by atoms with Gasteiger partial charge in [-0.15, -0.1) is 0 Å². The van der Waals surface area contributed by atoms with Crippen molar-refractivity contribution in [2.45, 2.75) is 36.0 Å². The summed E-state index contributed by atoms with van der Waals surface area (Å²) in [7, 11) is -4.55. The summed E-state index contributed by atoms with van der Waals surface area (Å²) in [6.45, 7) is 3.11. The summed E-state index contributed by atoms with van der Waals surface area (Å²) in [6, 6.07) is 18.1. The third-order valence-electron chi connectivity index (χ3n) is 5.54. The summed E-state index contributed by atoms with van der Waals surface area (Å²) in [5.74, 6) is -1.77. The second-order valence-electron chi connectivity index (χ2n) is 8.98. The minimum Gasteiger partial charge on any atom is -0.466 e. The molecule has 5 N–H and O–H groups in total. The Hall–Kier alpha value is -4.18. The number of esters is 1. The van der Waals surface area contributed by atoms with Crippen LogP contribution in [-0.4, -0.2) is 61.1 Å². The van der Waals surface area contributed by atoms with Crippen LogP contribution in [0.5, 0.6) is 0 Å². The molecule has 224 valence electrons. The van der Waals surface area contributed by atoms with Crippen LogP contribution in [0, 0.1) is 0 Å². The van der Waals surface area contributed by atoms with Crippen molar-refractivity contribution in [1.29, 1.82) is 0 Å². The molecule has 0 heterocycles. The summed E-state index contributed by atoms with van der Waals surface area (Å²) >= 11 is 0. The van der Waals surface area contributed by atoms with E-state index in [1.54, 1.807) is 37.3 Å². The molecule has 1 unspecified atom stereocenters. The van der Waals surface area contributed by atoms with Gasteiger partial charge in [-0.25, -0.2) is 21.6 Å². The van der Waals surface area contributed by atoms with E-state index in [4.69, 9.17) is 12.6 Å². The Morgan fingerprint density at radius 1 is 0.930 bits per heavy atom. The number of nitrogens with zero attached hydrogens (tertiary/aromatic N) is 1. The zero-order valence-electron chi connectivity index (χ0n) is 23.2. The highest BCUT2D eigenvalue weighted by atomic mass is 32.2. The molecule has 3 aromatic rings. The third kappa shape index (κ3) is 10.2. The fraction of sp³-hybridized carbons (Fsp3) is 0.192. The van der Waals surface area contributed by atoms with Gasteiger partial charge in [0.25, 0.3) is 10.0 Å². The van der Waals surface area contributed by atoms with Gasteiger partial charge in [0.15, 0.2) is 11.8 Å². The molecule has 0 aromatic heterocycles. The number of hydrogen-bond donors (Lipinski definition) is 5. The van der Waals surface area contributed by atoms with Gasteiger partial charge in [-0.1, -0.05) is 42.5 Å². The van der Waals surface area contributed by atoms with Crippen LogP contribution in [0.25, 0.3) is 0 Å². The van der Waals surface area contributed by atoms with E-state index in [-0.39, 0.29) is 40.2 Å². The number of sulfonamides is 2. The molecule has 17 heteroatoms. The Labute approximate surface area is 251 Å². The predicted octanol–water partition coefficient (Wildman–Crippen LogP) is 2.22. The summed E-state index contributed by atoms with van der Waals surface area (Å²) in [6.07, 6.45) is -0.258. The summed E-state index contributed by atoms with van der Waals surface area (Å²) in [5.41, 5.74) is 0.678. The molecule has 1 atom stereocenters. The van der Waals surface area contributed by atoms with Gasteiger partial charge in [0, 0.05) is 5.69 Å². The summed E-state index contributed by atoms with van der Waals surface area (Å²) in [5, 5.41) is 14.4. The number of carbonyl (C=O) groups excluding carboxylic acids is 2. The number of amides is 1. The molecular weight excluding hydrogens is 596 g/mol. The lowest BCUT2D eigenvalue weighted by Crippen LogP contribution is -2.36. The molecule has 0 fully saturated rings. The van der Waals surface area contributed by atoms with Gasteiger partial charge in [0.2, 0.25) is 17.9 Å². The number of carbonyl (C=O) groups is 2. The Morgan fingerprint density at radius 2 is 1.53 bits per heavy atom. The Morgan fingerprint density at radius 3 is 2.14 bits per heavy atom. The number of ether oxygens (including phenoxy) is 1. The van der Waals surface area contributed by atoms with Crippen molar-refractivity contribution in [3.63, 3.8) is 0 Å². The minimum atomic E-state index is -4.24. The molecular formula is C26H29B2N5O8S2. The van der Waals surface area contributed by atoms with Crippen LogP contribution in [0.15, 0.2) is 93.6 Å². The molecule has 3 aromatic carbocycles. The summed E-state index contributed by atoms with van der Waals surface area (Å²) < 4.78 is 62.9. The number of hydrogen-bond acceptors (Lipinski definition) is 9. The normalized spacial score (nSPS) is 12.6. The number of anilines is 2. The fourth-order valence-electron chi connectivity index (χ4n) is 3.77. The van der Waals surface area contributed by atoms with E-state index in [1.165, 1.54) is 49.3 Å². The zero-order chi connectivity index (χ0) is 31.6. The van der Waals surface area contributed by atoms with Crippen molar-refractivity contribution in [2.24, 2.45) is 4.90 Å². The smallest absolute Gasteiger partial charge is 0.431 e. The summed E-state index contributed by atoms with van der Waals surface area (Å²) in [4.78, 5) is 26.7. The van der Waals surface area contributed by atoms with E-state index in [0.29, 0.717) is 5.56 Å². The topological polar surface area (TPSA) is 192 Å². The van der Waals surface area contributed by atoms with Crippen LogP contribution in [0.1, 0.15) is 24.9 Å². The number of benzene rings is 3. The van der Waals surface area contributed by atoms with E-state index in [0.717, 1.165) is 6.07 Å². The zero-order valence-corrected chi connectivity index (χ0v) is 24.9. The van der Waals surface area contributed by atoms with E-state index in [1.807, 2.05) is 0 Å². The standard InChI is InChI=1S/C26H29B2N5O8S2/c1-3-41-24(34)17-23(18-9-5-4-6-10-18)33-43(39,40)22-14-8-12-20(16-22)32-42(37,38)21-13-7-11-19(15-21)29-26(30-25(27)35)31-28(2)36/h4-16,23,32-33,36H,3,17H2,1-2H3,(H2,29,30,31,35). The number of nitrogens with one attached hydrogen (secondary N) is 4. The van der Waals surface area contributed by atoms with Crippen LogP contribution in [-0.2, 0) is 29.6 Å². The van der Waals surface area contributed by atoms with E-state index in [2.05, 4.69) is 25.0 Å². The molecule has 0 saturated heterocycles. The van der Waals surface area contributed by atoms with Crippen LogP contribution < -0.4 is 20.1 Å². The number of rotatable bonds is 12. The molecule has 3 rings (SSSR count). The molecule has 0 saturated carbocycles. The van der Waals surface area contributed by atoms with Crippen molar-refractivity contribution in [1.82, 2.24) is 10.0 Å². The maximum absolute atomic E-state index is 13.3. The highest BCUT2D eigenvalue weighted by Gasteiger charge is 2.25. The van der Waals surface area contributed by atoms with Crippen LogP contribution in [0.4, 0.5) is 16.2 Å². The average Bonchev–Trinajstić information content (AvgIpc) is 2.92. The van der Waals surface area contributed by atoms with Gasteiger partial charge < -0.3 is 20.4 Å². The Kier molecular flexibility index (Phi) is 11.5. The van der Waals surface area contributed by atoms with Crippen molar-refractivity contribution >= 4 is 64.1 Å². The molecule has 0 bridgehead atoms. The lowest BCUT2D eigenvalue weighted by atomic mass is 9.91. The average molecular weight is 625 g/mol. The Bertz CT molecular complexity index is 1690. The van der Waals surface area contributed by atoms with Crippen molar-refractivity contribution in [2.75, 3.05) is 16.6 Å². The van der Waals surface area contributed by atoms with E-state index >= 15 is 0 Å². The second-order valence-corrected chi connectivity index (χ2v) is 12.4. The van der Waals surface area contributed by atoms with E-state index < -0.39 is 44.9 Å². The first kappa shape index (κ1) is 33.3. The minimum absolute atomic E-state index is 0.0466. The quantitative estimate of drug-likeness (QED) is 0.0869. The lowest BCUT2D eigenvalue weighted by molar-refractivity contribution is -0.143. The van der Waals surface area contributed by atoms with Crippen LogP contribution in [0.3, 0.4) is 0 Å². The molecule has 0 aliphatic rings. The Balaban J connectivity index is 1.84. The second kappa shape index (κ2) is 14.8. The fourth-order valence-corrected chi connectivity index (χ4v) is 6.14. The highest BCUT2D eigenvalue weighted by Crippen LogP contribution is 2.24. The largest absolute Gasteiger partial charge is 0.466 e. The molecule has 13 nitrogen and oxygen atoms in total.